The van der Waals surface area contributed by atoms with E-state index in [4.69, 9.17) is 11.6 Å². The van der Waals surface area contributed by atoms with E-state index in [0.717, 1.165) is 19.5 Å². The highest BCUT2D eigenvalue weighted by atomic mass is 35.5. The molecule has 2 atom stereocenters. The van der Waals surface area contributed by atoms with Gasteiger partial charge in [0, 0.05) is 17.7 Å². The number of likely N-dealkylation sites (tertiary alicyclic amines) is 1. The monoisotopic (exact) mass is 312 g/mol. The van der Waals surface area contributed by atoms with Gasteiger partial charge in [-0.1, -0.05) is 18.5 Å². The molecule has 0 aliphatic carbocycles. The van der Waals surface area contributed by atoms with Crippen LogP contribution >= 0.6 is 11.6 Å². The number of carbonyl (C=O) groups is 1. The molecule has 1 aliphatic rings. The topological polar surface area (TPSA) is 76.7 Å². The summed E-state index contributed by atoms with van der Waals surface area (Å²) in [7, 11) is 0. The molecule has 0 bridgehead atoms. The maximum absolute atomic E-state index is 12.0. The molecular formula is C14H19ClN3O3+. The molecule has 7 heteroatoms. The van der Waals surface area contributed by atoms with Crippen molar-refractivity contribution in [2.75, 3.05) is 25.0 Å². The van der Waals surface area contributed by atoms with E-state index in [2.05, 4.69) is 12.2 Å². The zero-order valence-electron chi connectivity index (χ0n) is 11.9. The van der Waals surface area contributed by atoms with Gasteiger partial charge in [-0.15, -0.1) is 0 Å². The first kappa shape index (κ1) is 15.7. The summed E-state index contributed by atoms with van der Waals surface area (Å²) in [6.07, 6.45) is 2.35. The van der Waals surface area contributed by atoms with Gasteiger partial charge in [0.15, 0.2) is 6.54 Å². The van der Waals surface area contributed by atoms with E-state index in [1.54, 1.807) is 6.07 Å². The molecule has 1 aromatic rings. The molecule has 0 aromatic heterocycles. The molecular weight excluding hydrogens is 294 g/mol. The number of nitrogens with one attached hydrogen (secondary N) is 2. The van der Waals surface area contributed by atoms with Gasteiger partial charge in [-0.3, -0.25) is 14.9 Å². The summed E-state index contributed by atoms with van der Waals surface area (Å²) in [6.45, 7) is 4.58. The highest BCUT2D eigenvalue weighted by Crippen LogP contribution is 2.27. The second-order valence-corrected chi connectivity index (χ2v) is 6.01. The van der Waals surface area contributed by atoms with Crippen molar-refractivity contribution in [3.8, 4) is 0 Å². The molecule has 6 nitrogen and oxygen atoms in total. The number of nitro benzene ring substituents is 1. The van der Waals surface area contributed by atoms with Crippen molar-refractivity contribution in [2.24, 2.45) is 5.92 Å². The zero-order chi connectivity index (χ0) is 15.4. The lowest BCUT2D eigenvalue weighted by atomic mass is 10.0. The minimum absolute atomic E-state index is 0.0634. The molecule has 0 saturated carbocycles. The van der Waals surface area contributed by atoms with Crippen LogP contribution in [-0.2, 0) is 4.79 Å². The van der Waals surface area contributed by atoms with Gasteiger partial charge in [0.2, 0.25) is 0 Å². The molecule has 2 rings (SSSR count). The van der Waals surface area contributed by atoms with Crippen LogP contribution in [0.25, 0.3) is 0 Å². The van der Waals surface area contributed by atoms with Gasteiger partial charge in [0.05, 0.1) is 18.0 Å². The number of halogens is 1. The first-order chi connectivity index (χ1) is 9.95. The number of rotatable bonds is 4. The van der Waals surface area contributed by atoms with E-state index >= 15 is 0 Å². The van der Waals surface area contributed by atoms with Gasteiger partial charge in [-0.2, -0.15) is 0 Å². The Morgan fingerprint density at radius 2 is 2.33 bits per heavy atom. The van der Waals surface area contributed by atoms with Crippen LogP contribution in [-0.4, -0.2) is 30.5 Å². The zero-order valence-corrected chi connectivity index (χ0v) is 12.7. The van der Waals surface area contributed by atoms with Crippen molar-refractivity contribution in [3.05, 3.63) is 33.3 Å². The molecule has 1 fully saturated rings. The van der Waals surface area contributed by atoms with E-state index in [9.17, 15) is 14.9 Å². The molecule has 1 saturated heterocycles. The summed E-state index contributed by atoms with van der Waals surface area (Å²) >= 11 is 5.74. The molecule has 0 spiro atoms. The van der Waals surface area contributed by atoms with Crippen LogP contribution in [0.3, 0.4) is 0 Å². The molecule has 114 valence electrons. The Labute approximate surface area is 128 Å². The summed E-state index contributed by atoms with van der Waals surface area (Å²) in [5.74, 6) is 0.508. The van der Waals surface area contributed by atoms with Crippen LogP contribution in [0.4, 0.5) is 11.4 Å². The predicted octanol–water partition coefficient (Wildman–Crippen LogP) is 1.50. The molecule has 1 amide bonds. The number of anilines is 1. The summed E-state index contributed by atoms with van der Waals surface area (Å²) in [5.41, 5.74) is 0.203. The lowest BCUT2D eigenvalue weighted by Crippen LogP contribution is -3.14. The van der Waals surface area contributed by atoms with Gasteiger partial charge < -0.3 is 10.2 Å². The van der Waals surface area contributed by atoms with E-state index in [0.29, 0.717) is 18.2 Å². The number of hydrogen-bond donors (Lipinski definition) is 2. The molecule has 1 unspecified atom stereocenters. The molecule has 1 aromatic carbocycles. The fourth-order valence-corrected chi connectivity index (χ4v) is 2.91. The Morgan fingerprint density at radius 3 is 3.00 bits per heavy atom. The minimum Gasteiger partial charge on any atom is -0.327 e. The lowest BCUT2D eigenvalue weighted by molar-refractivity contribution is -0.900. The van der Waals surface area contributed by atoms with Crippen LogP contribution in [0.15, 0.2) is 18.2 Å². The fraction of sp³-hybridized carbons (Fsp3) is 0.500. The number of benzene rings is 1. The number of nitro groups is 1. The minimum atomic E-state index is -0.560. The van der Waals surface area contributed by atoms with Gasteiger partial charge in [0.1, 0.15) is 5.02 Å². The number of hydrogen-bond acceptors (Lipinski definition) is 3. The van der Waals surface area contributed by atoms with Crippen molar-refractivity contribution in [3.63, 3.8) is 0 Å². The molecule has 0 radical (unpaired) electrons. The highest BCUT2D eigenvalue weighted by molar-refractivity contribution is 6.32. The molecule has 1 aliphatic heterocycles. The van der Waals surface area contributed by atoms with Crippen LogP contribution < -0.4 is 10.2 Å². The van der Waals surface area contributed by atoms with Crippen LogP contribution in [0.2, 0.25) is 5.02 Å². The van der Waals surface area contributed by atoms with Gasteiger partial charge >= 0.3 is 0 Å². The maximum Gasteiger partial charge on any atom is 0.289 e. The Hall–Kier alpha value is -1.66. The van der Waals surface area contributed by atoms with Gasteiger partial charge in [-0.05, 0) is 25.0 Å². The molecule has 21 heavy (non-hydrogen) atoms. The third-order valence-corrected chi connectivity index (χ3v) is 4.02. The Kier molecular flexibility index (Phi) is 5.14. The van der Waals surface area contributed by atoms with Crippen LogP contribution in [0, 0.1) is 16.0 Å². The number of piperidine rings is 1. The molecule has 2 N–H and O–H groups in total. The standard InChI is InChI=1S/C14H18ClN3O3/c1-10-3-2-6-17(8-10)9-14(19)16-11-4-5-12(15)13(7-11)18(20)21/h4-5,7,10H,2-3,6,8-9H2,1H3,(H,16,19)/p+1/t10-/m1/s1. The largest absolute Gasteiger partial charge is 0.327 e. The van der Waals surface area contributed by atoms with Crippen molar-refractivity contribution in [1.29, 1.82) is 0 Å². The number of quaternary nitrogens is 1. The fourth-order valence-electron chi connectivity index (χ4n) is 2.72. The summed E-state index contributed by atoms with van der Waals surface area (Å²) < 4.78 is 0. The van der Waals surface area contributed by atoms with E-state index in [-0.39, 0.29) is 16.6 Å². The van der Waals surface area contributed by atoms with Crippen molar-refractivity contribution in [1.82, 2.24) is 0 Å². The van der Waals surface area contributed by atoms with Crippen LogP contribution in [0.1, 0.15) is 19.8 Å². The Morgan fingerprint density at radius 1 is 1.57 bits per heavy atom. The van der Waals surface area contributed by atoms with Crippen molar-refractivity contribution < 1.29 is 14.6 Å². The SMILES string of the molecule is C[C@@H]1CCC[NH+](CC(=O)Nc2ccc(Cl)c([N+](=O)[O-])c2)C1. The second-order valence-electron chi connectivity index (χ2n) is 5.60. The quantitative estimate of drug-likeness (QED) is 0.653. The number of carbonyl (C=O) groups excluding carboxylic acids is 1. The third kappa shape index (κ3) is 4.41. The first-order valence-electron chi connectivity index (χ1n) is 7.03. The smallest absolute Gasteiger partial charge is 0.289 e. The Balaban J connectivity index is 1.96. The van der Waals surface area contributed by atoms with E-state index < -0.39 is 4.92 Å². The summed E-state index contributed by atoms with van der Waals surface area (Å²) in [5, 5.41) is 13.6. The average molecular weight is 313 g/mol. The number of amides is 1. The highest BCUT2D eigenvalue weighted by Gasteiger charge is 2.22. The third-order valence-electron chi connectivity index (χ3n) is 3.70. The van der Waals surface area contributed by atoms with E-state index in [1.165, 1.54) is 23.5 Å². The van der Waals surface area contributed by atoms with E-state index in [1.807, 2.05) is 0 Å². The predicted molar refractivity (Wildman–Crippen MR) is 80.7 cm³/mol. The number of nitrogens with zero attached hydrogens (tertiary/aromatic N) is 1. The summed E-state index contributed by atoms with van der Waals surface area (Å²) in [6, 6.07) is 4.28. The van der Waals surface area contributed by atoms with Crippen molar-refractivity contribution in [2.45, 2.75) is 19.8 Å². The molecule has 1 heterocycles. The normalized spacial score (nSPS) is 21.8. The maximum atomic E-state index is 12.0. The van der Waals surface area contributed by atoms with Gasteiger partial charge in [-0.25, -0.2) is 0 Å². The van der Waals surface area contributed by atoms with Crippen molar-refractivity contribution >= 4 is 28.9 Å². The second kappa shape index (κ2) is 6.87. The first-order valence-corrected chi connectivity index (χ1v) is 7.41. The van der Waals surface area contributed by atoms with Gasteiger partial charge in [0.25, 0.3) is 11.6 Å². The Bertz CT molecular complexity index is 550. The summed E-state index contributed by atoms with van der Waals surface area (Å²) in [4.78, 5) is 23.5. The lowest BCUT2D eigenvalue weighted by Gasteiger charge is -2.27. The van der Waals surface area contributed by atoms with Crippen LogP contribution in [0.5, 0.6) is 0 Å². The average Bonchev–Trinajstić information content (AvgIpc) is 2.40.